The zero-order valence-corrected chi connectivity index (χ0v) is 16.4. The summed E-state index contributed by atoms with van der Waals surface area (Å²) >= 11 is 3.33. The van der Waals surface area contributed by atoms with Crippen LogP contribution in [0.2, 0.25) is 0 Å². The van der Waals surface area contributed by atoms with Crippen molar-refractivity contribution < 1.29 is 22.3 Å². The zero-order valence-electron chi connectivity index (χ0n) is 14.0. The molecule has 0 saturated carbocycles. The highest BCUT2D eigenvalue weighted by Crippen LogP contribution is 2.44. The fourth-order valence-electron chi connectivity index (χ4n) is 3.48. The predicted molar refractivity (Wildman–Crippen MR) is 94.8 cm³/mol. The Bertz CT molecular complexity index is 803. The second kappa shape index (κ2) is 6.53. The van der Waals surface area contributed by atoms with Crippen LogP contribution in [-0.2, 0) is 25.0 Å². The largest absolute Gasteiger partial charge is 0.382 e. The molecule has 0 bridgehead atoms. The van der Waals surface area contributed by atoms with Crippen LogP contribution in [0.5, 0.6) is 0 Å². The van der Waals surface area contributed by atoms with E-state index in [0.717, 1.165) is 4.31 Å². The number of benzene rings is 1. The molecular formula is C16H20BrFN2O4S. The summed E-state index contributed by atoms with van der Waals surface area (Å²) in [6.07, 6.45) is -0.193. The van der Waals surface area contributed by atoms with Crippen molar-refractivity contribution in [2.24, 2.45) is 0 Å². The maximum atomic E-state index is 14.7. The number of fused-ring (bicyclic) bond motifs is 1. The van der Waals surface area contributed by atoms with Crippen molar-refractivity contribution in [2.45, 2.75) is 23.3 Å². The zero-order chi connectivity index (χ0) is 18.4. The number of hydrogen-bond donors (Lipinski definition) is 1. The molecule has 25 heavy (non-hydrogen) atoms. The lowest BCUT2D eigenvalue weighted by Crippen LogP contribution is -2.68. The van der Waals surface area contributed by atoms with Crippen molar-refractivity contribution in [1.29, 1.82) is 0 Å². The lowest BCUT2D eigenvalue weighted by molar-refractivity contribution is -0.0714. The van der Waals surface area contributed by atoms with Crippen LogP contribution in [0.1, 0.15) is 12.0 Å². The molecular weight excluding hydrogens is 415 g/mol. The second-order valence-corrected chi connectivity index (χ2v) is 9.35. The molecule has 6 nitrogen and oxygen atoms in total. The van der Waals surface area contributed by atoms with Crippen molar-refractivity contribution in [3.8, 4) is 0 Å². The van der Waals surface area contributed by atoms with E-state index in [4.69, 9.17) is 9.47 Å². The van der Waals surface area contributed by atoms with Gasteiger partial charge in [-0.25, -0.2) is 12.8 Å². The second-order valence-electron chi connectivity index (χ2n) is 6.29. The van der Waals surface area contributed by atoms with Gasteiger partial charge in [0.1, 0.15) is 22.4 Å². The SMILES string of the molecule is C=C1N[C@@]2(c3cc(Br)ccc3F)CO[C@@H](COC)C[C@H]2S(=O)(=O)N1C. The Labute approximate surface area is 155 Å². The van der Waals surface area contributed by atoms with Gasteiger partial charge < -0.3 is 14.8 Å². The molecule has 3 rings (SSSR count). The third-order valence-corrected chi connectivity index (χ3v) is 7.61. The molecule has 3 atom stereocenters. The number of nitrogens with zero attached hydrogens (tertiary/aromatic N) is 1. The first kappa shape index (κ1) is 18.6. The molecule has 0 aromatic heterocycles. The molecule has 1 aromatic carbocycles. The van der Waals surface area contributed by atoms with Gasteiger partial charge >= 0.3 is 0 Å². The number of sulfonamides is 1. The van der Waals surface area contributed by atoms with Crippen molar-refractivity contribution in [3.63, 3.8) is 0 Å². The topological polar surface area (TPSA) is 67.9 Å². The van der Waals surface area contributed by atoms with Gasteiger partial charge in [-0.1, -0.05) is 22.5 Å². The van der Waals surface area contributed by atoms with Crippen LogP contribution in [0.3, 0.4) is 0 Å². The van der Waals surface area contributed by atoms with Crippen LogP contribution in [-0.4, -0.2) is 51.4 Å². The molecule has 0 spiro atoms. The third kappa shape index (κ3) is 2.97. The van der Waals surface area contributed by atoms with E-state index < -0.39 is 26.6 Å². The molecule has 2 aliphatic heterocycles. The van der Waals surface area contributed by atoms with Crippen molar-refractivity contribution >= 4 is 26.0 Å². The average molecular weight is 435 g/mol. The van der Waals surface area contributed by atoms with E-state index in [1.165, 1.54) is 20.2 Å². The van der Waals surface area contributed by atoms with Crippen molar-refractivity contribution in [2.75, 3.05) is 27.4 Å². The Hall–Kier alpha value is -1.16. The molecule has 0 aliphatic carbocycles. The minimum Gasteiger partial charge on any atom is -0.382 e. The fraction of sp³-hybridized carbons (Fsp3) is 0.500. The van der Waals surface area contributed by atoms with Gasteiger partial charge in [-0.3, -0.25) is 4.31 Å². The minimum atomic E-state index is -3.75. The molecule has 0 unspecified atom stereocenters. The van der Waals surface area contributed by atoms with Gasteiger partial charge in [-0.2, -0.15) is 0 Å². The maximum absolute atomic E-state index is 14.7. The Morgan fingerprint density at radius 1 is 1.56 bits per heavy atom. The Morgan fingerprint density at radius 3 is 2.96 bits per heavy atom. The summed E-state index contributed by atoms with van der Waals surface area (Å²) in [6.45, 7) is 4.04. The lowest BCUT2D eigenvalue weighted by atomic mass is 9.82. The van der Waals surface area contributed by atoms with Crippen LogP contribution < -0.4 is 5.32 Å². The van der Waals surface area contributed by atoms with Gasteiger partial charge in [0.05, 0.1) is 19.3 Å². The lowest BCUT2D eigenvalue weighted by Gasteiger charge is -2.52. The van der Waals surface area contributed by atoms with Gasteiger partial charge in [0, 0.05) is 24.2 Å². The first-order chi connectivity index (χ1) is 11.7. The van der Waals surface area contributed by atoms with Crippen LogP contribution in [0.25, 0.3) is 0 Å². The summed E-state index contributed by atoms with van der Waals surface area (Å²) in [5, 5.41) is 2.20. The van der Waals surface area contributed by atoms with Crippen LogP contribution in [0.4, 0.5) is 4.39 Å². The molecule has 2 saturated heterocycles. The molecule has 138 valence electrons. The number of hydrogen-bond acceptors (Lipinski definition) is 5. The van der Waals surface area contributed by atoms with Gasteiger partial charge in [-0.05, 0) is 24.6 Å². The first-order valence-corrected chi connectivity index (χ1v) is 10.0. The Kier molecular flexibility index (Phi) is 4.87. The smallest absolute Gasteiger partial charge is 0.241 e. The van der Waals surface area contributed by atoms with Crippen LogP contribution in [0.15, 0.2) is 35.1 Å². The van der Waals surface area contributed by atoms with Gasteiger partial charge in [-0.15, -0.1) is 0 Å². The highest BCUT2D eigenvalue weighted by atomic mass is 79.9. The van der Waals surface area contributed by atoms with E-state index in [0.29, 0.717) is 4.47 Å². The van der Waals surface area contributed by atoms with E-state index in [2.05, 4.69) is 27.8 Å². The molecule has 0 radical (unpaired) electrons. The molecule has 1 aromatic rings. The van der Waals surface area contributed by atoms with E-state index in [-0.39, 0.29) is 37.1 Å². The van der Waals surface area contributed by atoms with E-state index in [1.54, 1.807) is 12.1 Å². The normalized spacial score (nSPS) is 31.4. The van der Waals surface area contributed by atoms with Gasteiger partial charge in [0.2, 0.25) is 10.0 Å². The van der Waals surface area contributed by atoms with Crippen molar-refractivity contribution in [3.05, 3.63) is 46.5 Å². The van der Waals surface area contributed by atoms with Gasteiger partial charge in [0.25, 0.3) is 0 Å². The number of nitrogens with one attached hydrogen (secondary N) is 1. The number of rotatable bonds is 3. The third-order valence-electron chi connectivity index (χ3n) is 4.82. The number of methoxy groups -OCH3 is 1. The highest BCUT2D eigenvalue weighted by Gasteiger charge is 2.57. The monoisotopic (exact) mass is 434 g/mol. The average Bonchev–Trinajstić information content (AvgIpc) is 2.56. The molecule has 2 aliphatic rings. The number of halogens is 2. The van der Waals surface area contributed by atoms with E-state index in [1.807, 2.05) is 0 Å². The highest BCUT2D eigenvalue weighted by molar-refractivity contribution is 9.10. The Balaban J connectivity index is 2.16. The molecule has 0 amide bonds. The summed E-state index contributed by atoms with van der Waals surface area (Å²) in [4.78, 5) is 0. The summed E-state index contributed by atoms with van der Waals surface area (Å²) in [5.74, 6) is -0.313. The van der Waals surface area contributed by atoms with E-state index >= 15 is 0 Å². The van der Waals surface area contributed by atoms with E-state index in [9.17, 15) is 12.8 Å². The van der Waals surface area contributed by atoms with Crippen LogP contribution >= 0.6 is 15.9 Å². The summed E-state index contributed by atoms with van der Waals surface area (Å²) in [5.41, 5.74) is -1.01. The van der Waals surface area contributed by atoms with Crippen LogP contribution in [0, 0.1) is 5.82 Å². The van der Waals surface area contributed by atoms with Crippen molar-refractivity contribution in [1.82, 2.24) is 9.62 Å². The summed E-state index contributed by atoms with van der Waals surface area (Å²) in [7, 11) is -0.779. The predicted octanol–water partition coefficient (Wildman–Crippen LogP) is 1.92. The summed E-state index contributed by atoms with van der Waals surface area (Å²) in [6, 6.07) is 4.46. The quantitative estimate of drug-likeness (QED) is 0.786. The summed E-state index contributed by atoms with van der Waals surface area (Å²) < 4.78 is 53.5. The fourth-order valence-corrected chi connectivity index (χ4v) is 5.80. The molecule has 1 N–H and O–H groups in total. The molecule has 2 fully saturated rings. The maximum Gasteiger partial charge on any atom is 0.241 e. The Morgan fingerprint density at radius 2 is 2.28 bits per heavy atom. The first-order valence-electron chi connectivity index (χ1n) is 7.73. The minimum absolute atomic E-state index is 0.00877. The standard InChI is InChI=1S/C16H20BrFN2O4S/c1-10-19-16(13-6-11(17)4-5-14(13)18)9-24-12(8-23-3)7-15(16)25(21,22)20(10)2/h4-6,12,15,19H,1,7-9H2,2-3H3/t12-,15-,16-/m1/s1. The van der Waals surface area contributed by atoms with Gasteiger partial charge in [0.15, 0.2) is 0 Å². The molecule has 2 heterocycles. The molecule has 9 heteroatoms. The number of ether oxygens (including phenoxy) is 2.